The topological polar surface area (TPSA) is 21.3 Å². The summed E-state index contributed by atoms with van der Waals surface area (Å²) < 4.78 is 18.2. The molecule has 0 saturated heterocycles. The second-order valence-corrected chi connectivity index (χ2v) is 3.80. The minimum Gasteiger partial charge on any atom is -0.380 e. The van der Waals surface area contributed by atoms with Crippen LogP contribution in [0.25, 0.3) is 0 Å². The van der Waals surface area contributed by atoms with Crippen molar-refractivity contribution in [1.29, 1.82) is 0 Å². The summed E-state index contributed by atoms with van der Waals surface area (Å²) in [5.74, 6) is -0.339. The number of hydrogen-bond acceptors (Lipinski definition) is 2. The van der Waals surface area contributed by atoms with Gasteiger partial charge in [-0.25, -0.2) is 4.39 Å². The molecule has 0 fully saturated rings. The fourth-order valence-electron chi connectivity index (χ4n) is 1.26. The van der Waals surface area contributed by atoms with Crippen molar-refractivity contribution in [2.24, 2.45) is 0 Å². The molecule has 4 heteroatoms. The fourth-order valence-corrected chi connectivity index (χ4v) is 1.48. The summed E-state index contributed by atoms with van der Waals surface area (Å²) in [5.41, 5.74) is 0.673. The highest BCUT2D eigenvalue weighted by Gasteiger charge is 2.03. The van der Waals surface area contributed by atoms with Gasteiger partial charge in [0.05, 0.1) is 6.61 Å². The number of nitrogens with one attached hydrogen (secondary N) is 1. The Morgan fingerprint density at radius 2 is 2.20 bits per heavy atom. The Morgan fingerprint density at radius 1 is 1.47 bits per heavy atom. The van der Waals surface area contributed by atoms with E-state index in [9.17, 15) is 4.39 Å². The Hall–Kier alpha value is -0.800. The Bertz CT molecular complexity index is 299. The first-order valence-corrected chi connectivity index (χ1v) is 5.30. The third-order valence-corrected chi connectivity index (χ3v) is 2.07. The summed E-state index contributed by atoms with van der Waals surface area (Å²) in [5, 5.41) is 3.50. The van der Waals surface area contributed by atoms with E-state index < -0.39 is 0 Å². The van der Waals surface area contributed by atoms with Crippen LogP contribution in [0, 0.1) is 5.82 Å². The zero-order valence-corrected chi connectivity index (χ0v) is 9.64. The quantitative estimate of drug-likeness (QED) is 0.840. The molecule has 0 aromatic heterocycles. The molecule has 0 heterocycles. The molecule has 0 spiro atoms. The van der Waals surface area contributed by atoms with Crippen LogP contribution in [0.5, 0.6) is 0 Å². The molecule has 0 bridgehead atoms. The van der Waals surface area contributed by atoms with E-state index in [1.54, 1.807) is 6.07 Å². The van der Waals surface area contributed by atoms with Crippen LogP contribution in [0.2, 0.25) is 5.02 Å². The predicted octanol–water partition coefficient (Wildman–Crippen LogP) is 3.32. The standard InChI is InChI=1S/C11H15ClFNO/c1-3-15-7-8(2)14-11-5-9(12)4-10(13)6-11/h4-6,8,14H,3,7H2,1-2H3. The van der Waals surface area contributed by atoms with Crippen LogP contribution >= 0.6 is 11.6 Å². The maximum atomic E-state index is 13.0. The van der Waals surface area contributed by atoms with Crippen molar-refractivity contribution in [3.8, 4) is 0 Å². The Balaban J connectivity index is 2.56. The van der Waals surface area contributed by atoms with Crippen LogP contribution in [0.15, 0.2) is 18.2 Å². The van der Waals surface area contributed by atoms with Crippen molar-refractivity contribution in [2.45, 2.75) is 19.9 Å². The molecule has 1 aromatic rings. The van der Waals surface area contributed by atoms with E-state index in [4.69, 9.17) is 16.3 Å². The van der Waals surface area contributed by atoms with E-state index >= 15 is 0 Å². The smallest absolute Gasteiger partial charge is 0.126 e. The van der Waals surface area contributed by atoms with Gasteiger partial charge in [0, 0.05) is 23.4 Å². The van der Waals surface area contributed by atoms with Gasteiger partial charge in [-0.3, -0.25) is 0 Å². The second kappa shape index (κ2) is 5.93. The normalized spacial score (nSPS) is 12.5. The molecule has 0 amide bonds. The molecular formula is C11H15ClFNO. The van der Waals surface area contributed by atoms with Crippen LogP contribution in [0.4, 0.5) is 10.1 Å². The molecule has 0 aliphatic heterocycles. The molecule has 0 saturated carbocycles. The van der Waals surface area contributed by atoms with Gasteiger partial charge in [-0.05, 0) is 32.0 Å². The largest absolute Gasteiger partial charge is 0.380 e. The second-order valence-electron chi connectivity index (χ2n) is 3.36. The third kappa shape index (κ3) is 4.49. The van der Waals surface area contributed by atoms with Crippen molar-refractivity contribution in [1.82, 2.24) is 0 Å². The number of ether oxygens (including phenoxy) is 1. The Morgan fingerprint density at radius 3 is 2.80 bits per heavy atom. The van der Waals surface area contributed by atoms with E-state index in [0.29, 0.717) is 23.9 Å². The first-order valence-electron chi connectivity index (χ1n) is 4.92. The molecule has 0 aliphatic rings. The Labute approximate surface area is 94.4 Å². The van der Waals surface area contributed by atoms with Gasteiger partial charge in [-0.15, -0.1) is 0 Å². The fraction of sp³-hybridized carbons (Fsp3) is 0.455. The van der Waals surface area contributed by atoms with Gasteiger partial charge in [0.2, 0.25) is 0 Å². The molecule has 84 valence electrons. The van der Waals surface area contributed by atoms with Gasteiger partial charge >= 0.3 is 0 Å². The molecular weight excluding hydrogens is 217 g/mol. The predicted molar refractivity (Wildman–Crippen MR) is 61.0 cm³/mol. The van der Waals surface area contributed by atoms with Crippen LogP contribution in [-0.2, 0) is 4.74 Å². The molecule has 1 aromatic carbocycles. The average molecular weight is 232 g/mol. The van der Waals surface area contributed by atoms with E-state index in [2.05, 4.69) is 5.32 Å². The van der Waals surface area contributed by atoms with Crippen molar-refractivity contribution in [3.63, 3.8) is 0 Å². The SMILES string of the molecule is CCOCC(C)Nc1cc(F)cc(Cl)c1. The number of benzene rings is 1. The minimum absolute atomic E-state index is 0.128. The molecule has 0 radical (unpaired) electrons. The monoisotopic (exact) mass is 231 g/mol. The van der Waals surface area contributed by atoms with E-state index in [1.807, 2.05) is 13.8 Å². The number of halogens is 2. The summed E-state index contributed by atoms with van der Waals surface area (Å²) in [6.45, 7) is 5.17. The van der Waals surface area contributed by atoms with Crippen LogP contribution < -0.4 is 5.32 Å². The highest BCUT2D eigenvalue weighted by molar-refractivity contribution is 6.30. The van der Waals surface area contributed by atoms with Crippen molar-refractivity contribution in [2.75, 3.05) is 18.5 Å². The van der Waals surface area contributed by atoms with Crippen LogP contribution in [0.1, 0.15) is 13.8 Å². The van der Waals surface area contributed by atoms with Gasteiger partial charge in [0.25, 0.3) is 0 Å². The average Bonchev–Trinajstić information content (AvgIpc) is 2.13. The van der Waals surface area contributed by atoms with Crippen LogP contribution in [0.3, 0.4) is 0 Å². The zero-order chi connectivity index (χ0) is 11.3. The molecule has 1 N–H and O–H groups in total. The maximum absolute atomic E-state index is 13.0. The first kappa shape index (κ1) is 12.3. The number of anilines is 1. The number of hydrogen-bond donors (Lipinski definition) is 1. The van der Waals surface area contributed by atoms with Gasteiger partial charge in [-0.1, -0.05) is 11.6 Å². The van der Waals surface area contributed by atoms with E-state index in [0.717, 1.165) is 0 Å². The third-order valence-electron chi connectivity index (χ3n) is 1.85. The van der Waals surface area contributed by atoms with Crippen molar-refractivity contribution >= 4 is 17.3 Å². The lowest BCUT2D eigenvalue weighted by Gasteiger charge is -2.15. The highest BCUT2D eigenvalue weighted by atomic mass is 35.5. The maximum Gasteiger partial charge on any atom is 0.126 e. The summed E-state index contributed by atoms with van der Waals surface area (Å²) >= 11 is 5.73. The van der Waals surface area contributed by atoms with E-state index in [-0.39, 0.29) is 11.9 Å². The van der Waals surface area contributed by atoms with Gasteiger partial charge in [0.1, 0.15) is 5.82 Å². The lowest BCUT2D eigenvalue weighted by atomic mass is 10.2. The lowest BCUT2D eigenvalue weighted by Crippen LogP contribution is -2.21. The van der Waals surface area contributed by atoms with Gasteiger partial charge in [0.15, 0.2) is 0 Å². The minimum atomic E-state index is -0.339. The van der Waals surface area contributed by atoms with Gasteiger partial charge in [-0.2, -0.15) is 0 Å². The molecule has 1 unspecified atom stereocenters. The molecule has 1 rings (SSSR count). The van der Waals surface area contributed by atoms with Crippen LogP contribution in [-0.4, -0.2) is 19.3 Å². The molecule has 15 heavy (non-hydrogen) atoms. The van der Waals surface area contributed by atoms with Crippen molar-refractivity contribution in [3.05, 3.63) is 29.0 Å². The molecule has 0 aliphatic carbocycles. The zero-order valence-electron chi connectivity index (χ0n) is 8.89. The summed E-state index contributed by atoms with van der Waals surface area (Å²) in [4.78, 5) is 0. The summed E-state index contributed by atoms with van der Waals surface area (Å²) in [7, 11) is 0. The summed E-state index contributed by atoms with van der Waals surface area (Å²) in [6, 6.07) is 4.50. The lowest BCUT2D eigenvalue weighted by molar-refractivity contribution is 0.141. The Kier molecular flexibility index (Phi) is 4.85. The first-order chi connectivity index (χ1) is 7.11. The summed E-state index contributed by atoms with van der Waals surface area (Å²) in [6.07, 6.45) is 0. The number of rotatable bonds is 5. The van der Waals surface area contributed by atoms with E-state index in [1.165, 1.54) is 12.1 Å². The van der Waals surface area contributed by atoms with Gasteiger partial charge < -0.3 is 10.1 Å². The highest BCUT2D eigenvalue weighted by Crippen LogP contribution is 2.18. The van der Waals surface area contributed by atoms with Crippen molar-refractivity contribution < 1.29 is 9.13 Å². The molecule has 2 nitrogen and oxygen atoms in total. The molecule has 1 atom stereocenters.